The van der Waals surface area contributed by atoms with Crippen LogP contribution in [-0.2, 0) is 6.42 Å². The van der Waals surface area contributed by atoms with Crippen LogP contribution >= 0.6 is 15.9 Å². The maximum atomic E-state index is 13.8. The minimum Gasteiger partial charge on any atom is -0.363 e. The van der Waals surface area contributed by atoms with Gasteiger partial charge in [0.05, 0.1) is 12.2 Å². The topological polar surface area (TPSA) is 59.0 Å². The van der Waals surface area contributed by atoms with Crippen molar-refractivity contribution in [1.29, 1.82) is 0 Å². The molecule has 0 aliphatic carbocycles. The molecule has 5 nitrogen and oxygen atoms in total. The van der Waals surface area contributed by atoms with Gasteiger partial charge in [-0.1, -0.05) is 58.4 Å². The van der Waals surface area contributed by atoms with Gasteiger partial charge in [-0.15, -0.1) is 0 Å². The van der Waals surface area contributed by atoms with Crippen LogP contribution < -0.4 is 10.6 Å². The zero-order valence-corrected chi connectivity index (χ0v) is 18.0. The van der Waals surface area contributed by atoms with Gasteiger partial charge in [0.1, 0.15) is 11.4 Å². The molecule has 4 rings (SSSR count). The minimum atomic E-state index is -4.49. The van der Waals surface area contributed by atoms with Crippen molar-refractivity contribution in [2.75, 3.05) is 11.9 Å². The van der Waals surface area contributed by atoms with E-state index in [1.54, 1.807) is 24.3 Å². The molecule has 2 aromatic carbocycles. The van der Waals surface area contributed by atoms with Crippen molar-refractivity contribution in [2.24, 2.45) is 0 Å². The molecule has 31 heavy (non-hydrogen) atoms. The lowest BCUT2D eigenvalue weighted by atomic mass is 9.96. The van der Waals surface area contributed by atoms with E-state index in [1.807, 2.05) is 30.3 Å². The van der Waals surface area contributed by atoms with Gasteiger partial charge in [-0.3, -0.25) is 4.79 Å². The highest BCUT2D eigenvalue weighted by Gasteiger charge is 2.47. The van der Waals surface area contributed by atoms with Crippen LogP contribution in [-0.4, -0.2) is 28.4 Å². The largest absolute Gasteiger partial charge is 0.410 e. The van der Waals surface area contributed by atoms with Crippen molar-refractivity contribution in [1.82, 2.24) is 15.1 Å². The normalized spacial score (nSPS) is 18.2. The third kappa shape index (κ3) is 4.76. The van der Waals surface area contributed by atoms with Gasteiger partial charge in [-0.2, -0.15) is 18.3 Å². The number of carbonyl (C=O) groups is 1. The number of hydrogen-bond donors (Lipinski definition) is 2. The molecule has 1 aromatic heterocycles. The monoisotopic (exact) mass is 492 g/mol. The van der Waals surface area contributed by atoms with Crippen LogP contribution in [0.1, 0.15) is 40.0 Å². The number of nitrogens with one attached hydrogen (secondary N) is 2. The first-order valence-electron chi connectivity index (χ1n) is 9.81. The van der Waals surface area contributed by atoms with Gasteiger partial charge < -0.3 is 10.6 Å². The fraction of sp³-hybridized carbons (Fsp3) is 0.273. The summed E-state index contributed by atoms with van der Waals surface area (Å²) in [6.45, 7) is 0.367. The molecule has 1 aliphatic heterocycles. The number of amides is 1. The number of fused-ring (bicyclic) bond motifs is 1. The van der Waals surface area contributed by atoms with Gasteiger partial charge in [0, 0.05) is 17.4 Å². The molecule has 0 bridgehead atoms. The van der Waals surface area contributed by atoms with Gasteiger partial charge in [0.2, 0.25) is 0 Å². The molecule has 0 saturated carbocycles. The Bertz CT molecular complexity index is 1050. The molecule has 1 aliphatic rings. The molecule has 2 heterocycles. The maximum absolute atomic E-state index is 13.8. The summed E-state index contributed by atoms with van der Waals surface area (Å²) in [4.78, 5) is 12.7. The Balaban J connectivity index is 1.56. The van der Waals surface area contributed by atoms with Crippen molar-refractivity contribution in [3.63, 3.8) is 0 Å². The molecule has 9 heteroatoms. The SMILES string of the molecule is O=C(NCCc1ccccc1)c1cnn2c1N[C@@H](c1ccc(Br)cc1)C[C@@H]2C(F)(F)F. The molecule has 1 amide bonds. The van der Waals surface area contributed by atoms with E-state index in [2.05, 4.69) is 31.7 Å². The molecular weight excluding hydrogens is 473 g/mol. The van der Waals surface area contributed by atoms with E-state index in [4.69, 9.17) is 0 Å². The Labute approximate surface area is 185 Å². The number of nitrogens with zero attached hydrogens (tertiary/aromatic N) is 2. The average molecular weight is 493 g/mol. The highest BCUT2D eigenvalue weighted by Crippen LogP contribution is 2.44. The zero-order valence-electron chi connectivity index (χ0n) is 16.4. The lowest BCUT2D eigenvalue weighted by Gasteiger charge is -2.34. The number of benzene rings is 2. The van der Waals surface area contributed by atoms with E-state index >= 15 is 0 Å². The van der Waals surface area contributed by atoms with Crippen molar-refractivity contribution in [3.05, 3.63) is 82.0 Å². The lowest BCUT2D eigenvalue weighted by molar-refractivity contribution is -0.173. The van der Waals surface area contributed by atoms with Crippen LogP contribution in [0.5, 0.6) is 0 Å². The molecule has 2 N–H and O–H groups in total. The summed E-state index contributed by atoms with van der Waals surface area (Å²) in [5.41, 5.74) is 1.87. The number of carbonyl (C=O) groups excluding carboxylic acids is 1. The Morgan fingerprint density at radius 3 is 2.55 bits per heavy atom. The van der Waals surface area contributed by atoms with E-state index < -0.39 is 24.2 Å². The summed E-state index contributed by atoms with van der Waals surface area (Å²) in [7, 11) is 0. The quantitative estimate of drug-likeness (QED) is 0.509. The van der Waals surface area contributed by atoms with Crippen LogP contribution in [0.3, 0.4) is 0 Å². The van der Waals surface area contributed by atoms with Gasteiger partial charge in [0.25, 0.3) is 5.91 Å². The Morgan fingerprint density at radius 1 is 1.16 bits per heavy atom. The fourth-order valence-electron chi connectivity index (χ4n) is 3.70. The fourth-order valence-corrected chi connectivity index (χ4v) is 3.97. The smallest absolute Gasteiger partial charge is 0.363 e. The van der Waals surface area contributed by atoms with Crippen molar-refractivity contribution in [2.45, 2.75) is 31.1 Å². The van der Waals surface area contributed by atoms with Gasteiger partial charge in [0.15, 0.2) is 6.04 Å². The summed E-state index contributed by atoms with van der Waals surface area (Å²) < 4.78 is 43.0. The van der Waals surface area contributed by atoms with Crippen molar-refractivity contribution >= 4 is 27.7 Å². The first-order chi connectivity index (χ1) is 14.8. The summed E-state index contributed by atoms with van der Waals surface area (Å²) >= 11 is 3.34. The number of hydrogen-bond acceptors (Lipinski definition) is 3. The van der Waals surface area contributed by atoms with Crippen molar-refractivity contribution in [3.8, 4) is 0 Å². The average Bonchev–Trinajstić information content (AvgIpc) is 3.17. The maximum Gasteiger partial charge on any atom is 0.410 e. The van der Waals surface area contributed by atoms with E-state index in [1.165, 1.54) is 6.20 Å². The number of alkyl halides is 3. The van der Waals surface area contributed by atoms with Gasteiger partial charge >= 0.3 is 6.18 Å². The van der Waals surface area contributed by atoms with Crippen molar-refractivity contribution < 1.29 is 18.0 Å². The molecule has 3 aromatic rings. The van der Waals surface area contributed by atoms with Crippen LogP contribution in [0.25, 0.3) is 0 Å². The summed E-state index contributed by atoms with van der Waals surface area (Å²) in [5.74, 6) is -0.374. The molecule has 0 unspecified atom stereocenters. The highest BCUT2D eigenvalue weighted by atomic mass is 79.9. The van der Waals surface area contributed by atoms with Gasteiger partial charge in [-0.05, 0) is 29.7 Å². The lowest BCUT2D eigenvalue weighted by Crippen LogP contribution is -2.36. The van der Waals surface area contributed by atoms with Crippen LogP contribution in [0.15, 0.2) is 65.3 Å². The van der Waals surface area contributed by atoms with Crippen LogP contribution in [0.2, 0.25) is 0 Å². The first kappa shape index (κ1) is 21.4. The highest BCUT2D eigenvalue weighted by molar-refractivity contribution is 9.10. The first-order valence-corrected chi connectivity index (χ1v) is 10.6. The molecule has 2 atom stereocenters. The second kappa shape index (κ2) is 8.74. The third-order valence-corrected chi connectivity index (χ3v) is 5.83. The Kier molecular flexibility index (Phi) is 6.04. The second-order valence-corrected chi connectivity index (χ2v) is 8.30. The number of halogens is 4. The van der Waals surface area contributed by atoms with Crippen LogP contribution in [0.4, 0.5) is 19.0 Å². The number of aromatic nitrogens is 2. The van der Waals surface area contributed by atoms with Crippen LogP contribution in [0, 0.1) is 0 Å². The van der Waals surface area contributed by atoms with E-state index in [9.17, 15) is 18.0 Å². The summed E-state index contributed by atoms with van der Waals surface area (Å²) in [5, 5.41) is 9.78. The number of rotatable bonds is 5. The Hall–Kier alpha value is -2.81. The summed E-state index contributed by atoms with van der Waals surface area (Å²) in [6, 6.07) is 14.3. The Morgan fingerprint density at radius 2 is 1.87 bits per heavy atom. The molecule has 0 radical (unpaired) electrons. The zero-order chi connectivity index (χ0) is 22.0. The predicted octanol–water partition coefficient (Wildman–Crippen LogP) is 5.28. The predicted molar refractivity (Wildman–Crippen MR) is 115 cm³/mol. The standard InChI is InChI=1S/C22H20BrF3N4O/c23-16-8-6-15(7-9-16)18-12-19(22(24,25)26)30-20(29-18)17(13-28-30)21(31)27-11-10-14-4-2-1-3-5-14/h1-9,13,18-19,29H,10-12H2,(H,27,31)/t18-,19-/m1/s1. The summed E-state index contributed by atoms with van der Waals surface area (Å²) in [6.07, 6.45) is -2.88. The molecular formula is C22H20BrF3N4O. The third-order valence-electron chi connectivity index (χ3n) is 5.30. The molecule has 0 spiro atoms. The van der Waals surface area contributed by atoms with E-state index in [0.29, 0.717) is 18.5 Å². The van der Waals surface area contributed by atoms with Gasteiger partial charge in [-0.25, -0.2) is 4.68 Å². The minimum absolute atomic E-state index is 0.0821. The van der Waals surface area contributed by atoms with E-state index in [0.717, 1.165) is 14.7 Å². The molecule has 0 saturated heterocycles. The van der Waals surface area contributed by atoms with E-state index in [-0.39, 0.29) is 17.8 Å². The molecule has 0 fully saturated rings. The number of anilines is 1. The molecule has 162 valence electrons. The second-order valence-electron chi connectivity index (χ2n) is 7.38.